The Morgan fingerprint density at radius 2 is 2.12 bits per heavy atom. The summed E-state index contributed by atoms with van der Waals surface area (Å²) in [6.45, 7) is 6.27. The van der Waals surface area contributed by atoms with Crippen LogP contribution in [0.1, 0.15) is 19.4 Å². The first-order valence-corrected chi connectivity index (χ1v) is 5.66. The molecule has 1 rings (SSSR count). The highest BCUT2D eigenvalue weighted by Gasteiger charge is 2.03. The van der Waals surface area contributed by atoms with Crippen molar-refractivity contribution >= 4 is 0 Å². The summed E-state index contributed by atoms with van der Waals surface area (Å²) in [7, 11) is 1.49. The topological polar surface area (TPSA) is 21.3 Å². The number of hydrogen-bond acceptors (Lipinski definition) is 2. The molecule has 1 aromatic carbocycles. The van der Waals surface area contributed by atoms with Gasteiger partial charge in [0.25, 0.3) is 0 Å². The lowest BCUT2D eigenvalue weighted by Crippen LogP contribution is -2.22. The smallest absolute Gasteiger partial charge is 0.165 e. The van der Waals surface area contributed by atoms with Crippen molar-refractivity contribution in [3.05, 3.63) is 29.6 Å². The molecular weight excluding hydrogens is 205 g/mol. The van der Waals surface area contributed by atoms with E-state index in [1.807, 2.05) is 0 Å². The fourth-order valence-corrected chi connectivity index (χ4v) is 1.48. The SMILES string of the molecule is COc1cc(CCNCC(C)C)ccc1F. The summed E-state index contributed by atoms with van der Waals surface area (Å²) in [5.41, 5.74) is 1.09. The number of benzene rings is 1. The molecule has 0 bridgehead atoms. The molecule has 0 aromatic heterocycles. The van der Waals surface area contributed by atoms with Crippen molar-refractivity contribution in [3.63, 3.8) is 0 Å². The zero-order valence-corrected chi connectivity index (χ0v) is 10.2. The monoisotopic (exact) mass is 225 g/mol. The molecular formula is C13H20FNO. The highest BCUT2D eigenvalue weighted by atomic mass is 19.1. The van der Waals surface area contributed by atoms with Crippen LogP contribution in [0.15, 0.2) is 18.2 Å². The van der Waals surface area contributed by atoms with Crippen LogP contribution in [0.25, 0.3) is 0 Å². The standard InChI is InChI=1S/C13H20FNO/c1-10(2)9-15-7-6-11-4-5-12(14)13(8-11)16-3/h4-5,8,10,15H,6-7,9H2,1-3H3. The van der Waals surface area contributed by atoms with Crippen molar-refractivity contribution in [1.29, 1.82) is 0 Å². The Morgan fingerprint density at radius 1 is 1.38 bits per heavy atom. The van der Waals surface area contributed by atoms with Crippen molar-refractivity contribution in [2.75, 3.05) is 20.2 Å². The third-order valence-corrected chi connectivity index (χ3v) is 2.36. The Balaban J connectivity index is 2.42. The van der Waals surface area contributed by atoms with Crippen molar-refractivity contribution < 1.29 is 9.13 Å². The number of methoxy groups -OCH3 is 1. The van der Waals surface area contributed by atoms with Crippen molar-refractivity contribution in [2.45, 2.75) is 20.3 Å². The van der Waals surface area contributed by atoms with E-state index in [-0.39, 0.29) is 5.82 Å². The molecule has 1 aromatic rings. The van der Waals surface area contributed by atoms with Gasteiger partial charge >= 0.3 is 0 Å². The average molecular weight is 225 g/mol. The van der Waals surface area contributed by atoms with E-state index in [9.17, 15) is 4.39 Å². The highest BCUT2D eigenvalue weighted by molar-refractivity contribution is 5.30. The van der Waals surface area contributed by atoms with E-state index in [2.05, 4.69) is 19.2 Å². The summed E-state index contributed by atoms with van der Waals surface area (Å²) < 4.78 is 18.1. The van der Waals surface area contributed by atoms with E-state index in [0.717, 1.165) is 25.1 Å². The first-order chi connectivity index (χ1) is 7.63. The molecule has 1 N–H and O–H groups in total. The van der Waals surface area contributed by atoms with Crippen LogP contribution in [0.5, 0.6) is 5.75 Å². The summed E-state index contributed by atoms with van der Waals surface area (Å²) in [6, 6.07) is 5.01. The van der Waals surface area contributed by atoms with Gasteiger partial charge in [-0.3, -0.25) is 0 Å². The Kier molecular flexibility index (Phi) is 5.26. The predicted octanol–water partition coefficient (Wildman–Crippen LogP) is 2.62. The molecule has 0 atom stereocenters. The molecule has 0 aliphatic heterocycles. The minimum absolute atomic E-state index is 0.304. The van der Waals surface area contributed by atoms with Gasteiger partial charge in [-0.25, -0.2) is 4.39 Å². The maximum atomic E-state index is 13.1. The number of ether oxygens (including phenoxy) is 1. The van der Waals surface area contributed by atoms with Crippen LogP contribution < -0.4 is 10.1 Å². The van der Waals surface area contributed by atoms with Gasteiger partial charge in [-0.1, -0.05) is 19.9 Å². The van der Waals surface area contributed by atoms with Crippen molar-refractivity contribution in [2.24, 2.45) is 5.92 Å². The van der Waals surface area contributed by atoms with Gasteiger partial charge in [0.2, 0.25) is 0 Å². The van der Waals surface area contributed by atoms with E-state index in [4.69, 9.17) is 4.74 Å². The van der Waals surface area contributed by atoms with Gasteiger partial charge in [-0.2, -0.15) is 0 Å². The summed E-state index contributed by atoms with van der Waals surface area (Å²) in [6.07, 6.45) is 0.892. The molecule has 0 saturated carbocycles. The van der Waals surface area contributed by atoms with Crippen LogP contribution in [0.4, 0.5) is 4.39 Å². The molecule has 0 amide bonds. The zero-order chi connectivity index (χ0) is 12.0. The third-order valence-electron chi connectivity index (χ3n) is 2.36. The zero-order valence-electron chi connectivity index (χ0n) is 10.2. The summed E-state index contributed by atoms with van der Waals surface area (Å²) in [5, 5.41) is 3.35. The molecule has 0 aliphatic carbocycles. The molecule has 0 saturated heterocycles. The fraction of sp³-hybridized carbons (Fsp3) is 0.538. The normalized spacial score (nSPS) is 10.8. The number of halogens is 1. The quantitative estimate of drug-likeness (QED) is 0.751. The van der Waals surface area contributed by atoms with E-state index < -0.39 is 0 Å². The predicted molar refractivity (Wildman–Crippen MR) is 64.4 cm³/mol. The minimum Gasteiger partial charge on any atom is -0.494 e. The van der Waals surface area contributed by atoms with Crippen LogP contribution in [0, 0.1) is 11.7 Å². The van der Waals surface area contributed by atoms with Gasteiger partial charge in [0.15, 0.2) is 11.6 Å². The second-order valence-corrected chi connectivity index (χ2v) is 4.32. The molecule has 0 aliphatic rings. The van der Waals surface area contributed by atoms with Gasteiger partial charge in [-0.05, 0) is 43.1 Å². The lowest BCUT2D eigenvalue weighted by molar-refractivity contribution is 0.386. The largest absolute Gasteiger partial charge is 0.494 e. The van der Waals surface area contributed by atoms with Crippen LogP contribution in [0.2, 0.25) is 0 Å². The number of hydrogen-bond donors (Lipinski definition) is 1. The lowest BCUT2D eigenvalue weighted by atomic mass is 10.1. The highest BCUT2D eigenvalue weighted by Crippen LogP contribution is 2.18. The van der Waals surface area contributed by atoms with Crippen LogP contribution in [-0.4, -0.2) is 20.2 Å². The second kappa shape index (κ2) is 6.48. The van der Waals surface area contributed by atoms with E-state index in [0.29, 0.717) is 11.7 Å². The molecule has 0 fully saturated rings. The van der Waals surface area contributed by atoms with E-state index in [1.54, 1.807) is 12.1 Å². The Labute approximate surface area is 96.8 Å². The minimum atomic E-state index is -0.304. The third kappa shape index (κ3) is 4.19. The Bertz CT molecular complexity index is 326. The van der Waals surface area contributed by atoms with Crippen molar-refractivity contribution in [1.82, 2.24) is 5.32 Å². The van der Waals surface area contributed by atoms with Gasteiger partial charge in [0.1, 0.15) is 0 Å². The second-order valence-electron chi connectivity index (χ2n) is 4.32. The molecule has 3 heteroatoms. The maximum absolute atomic E-state index is 13.1. The van der Waals surface area contributed by atoms with E-state index >= 15 is 0 Å². The maximum Gasteiger partial charge on any atom is 0.165 e. The Hall–Kier alpha value is -1.09. The number of nitrogens with one attached hydrogen (secondary N) is 1. The fourth-order valence-electron chi connectivity index (χ4n) is 1.48. The lowest BCUT2D eigenvalue weighted by Gasteiger charge is -2.08. The molecule has 0 heterocycles. The van der Waals surface area contributed by atoms with Crippen LogP contribution in [0.3, 0.4) is 0 Å². The summed E-state index contributed by atoms with van der Waals surface area (Å²) in [4.78, 5) is 0. The molecule has 16 heavy (non-hydrogen) atoms. The molecule has 0 unspecified atom stereocenters. The van der Waals surface area contributed by atoms with Gasteiger partial charge in [0.05, 0.1) is 7.11 Å². The summed E-state index contributed by atoms with van der Waals surface area (Å²) >= 11 is 0. The van der Waals surface area contributed by atoms with Gasteiger partial charge < -0.3 is 10.1 Å². The molecule has 2 nitrogen and oxygen atoms in total. The van der Waals surface area contributed by atoms with Crippen LogP contribution in [-0.2, 0) is 6.42 Å². The molecule has 0 spiro atoms. The van der Waals surface area contributed by atoms with Crippen molar-refractivity contribution in [3.8, 4) is 5.75 Å². The summed E-state index contributed by atoms with van der Waals surface area (Å²) in [5.74, 6) is 0.672. The van der Waals surface area contributed by atoms with Crippen LogP contribution >= 0.6 is 0 Å². The first kappa shape index (κ1) is 13.0. The van der Waals surface area contributed by atoms with E-state index in [1.165, 1.54) is 13.2 Å². The van der Waals surface area contributed by atoms with Gasteiger partial charge in [0, 0.05) is 0 Å². The molecule has 90 valence electrons. The average Bonchev–Trinajstić information content (AvgIpc) is 2.26. The number of rotatable bonds is 6. The Morgan fingerprint density at radius 3 is 2.75 bits per heavy atom. The van der Waals surface area contributed by atoms with Gasteiger partial charge in [-0.15, -0.1) is 0 Å². The first-order valence-electron chi connectivity index (χ1n) is 5.66. The molecule has 0 radical (unpaired) electrons.